The molecule has 148 valence electrons. The quantitative estimate of drug-likeness (QED) is 0.247. The SMILES string of the molecule is C=C(C)CNC(=O)C=C(C)C=CCCCCCOc1ccc2ccccc2n1. The Hall–Kier alpha value is -2.88. The average Bonchev–Trinajstić information content (AvgIpc) is 2.68. The third-order valence-corrected chi connectivity index (χ3v) is 4.14. The Bertz CT molecular complexity index is 853. The third kappa shape index (κ3) is 8.21. The number of rotatable bonds is 11. The van der Waals surface area contributed by atoms with E-state index in [0.29, 0.717) is 19.0 Å². The number of nitrogens with zero attached hydrogens (tertiary/aromatic N) is 1. The first-order valence-corrected chi connectivity index (χ1v) is 9.80. The first-order valence-electron chi connectivity index (χ1n) is 9.80. The van der Waals surface area contributed by atoms with Gasteiger partial charge in [0.1, 0.15) is 0 Å². The van der Waals surface area contributed by atoms with Crippen LogP contribution in [0.25, 0.3) is 10.9 Å². The molecule has 0 unspecified atom stereocenters. The fourth-order valence-electron chi connectivity index (χ4n) is 2.66. The van der Waals surface area contributed by atoms with E-state index >= 15 is 0 Å². The number of carbonyl (C=O) groups excluding carboxylic acids is 1. The van der Waals surface area contributed by atoms with Crippen molar-refractivity contribution in [1.29, 1.82) is 0 Å². The van der Waals surface area contributed by atoms with Crippen LogP contribution >= 0.6 is 0 Å². The highest BCUT2D eigenvalue weighted by Crippen LogP contribution is 2.16. The summed E-state index contributed by atoms with van der Waals surface area (Å²) in [5.74, 6) is 0.605. The van der Waals surface area contributed by atoms with Crippen molar-refractivity contribution in [3.63, 3.8) is 0 Å². The predicted molar refractivity (Wildman–Crippen MR) is 116 cm³/mol. The van der Waals surface area contributed by atoms with Crippen molar-refractivity contribution in [2.45, 2.75) is 39.5 Å². The number of fused-ring (bicyclic) bond motifs is 1. The van der Waals surface area contributed by atoms with Gasteiger partial charge in [-0.1, -0.05) is 42.5 Å². The summed E-state index contributed by atoms with van der Waals surface area (Å²) < 4.78 is 5.75. The van der Waals surface area contributed by atoms with Gasteiger partial charge in [-0.15, -0.1) is 0 Å². The van der Waals surface area contributed by atoms with Crippen LogP contribution in [0.2, 0.25) is 0 Å². The first kappa shape index (κ1) is 21.4. The third-order valence-electron chi connectivity index (χ3n) is 4.14. The predicted octanol–water partition coefficient (Wildman–Crippen LogP) is 5.37. The standard InChI is InChI=1S/C24H30N2O2/c1-19(2)18-25-23(27)17-20(3)11-7-5-4-6-10-16-28-24-15-14-21-12-8-9-13-22(21)26-24/h7-9,11-15,17H,1,4-6,10,16,18H2,2-3H3,(H,25,27). The lowest BCUT2D eigenvalue weighted by Gasteiger charge is -2.06. The molecule has 1 amide bonds. The molecule has 0 spiro atoms. The number of carbonyl (C=O) groups is 1. The fraction of sp³-hybridized carbons (Fsp3) is 0.333. The van der Waals surface area contributed by atoms with Gasteiger partial charge in [-0.05, 0) is 57.2 Å². The van der Waals surface area contributed by atoms with Crippen molar-refractivity contribution < 1.29 is 9.53 Å². The minimum absolute atomic E-state index is 0.0791. The van der Waals surface area contributed by atoms with E-state index in [4.69, 9.17) is 4.74 Å². The van der Waals surface area contributed by atoms with Gasteiger partial charge in [0.15, 0.2) is 0 Å². The summed E-state index contributed by atoms with van der Waals surface area (Å²) in [7, 11) is 0. The number of allylic oxidation sites excluding steroid dienone is 3. The largest absolute Gasteiger partial charge is 0.478 e. The van der Waals surface area contributed by atoms with Crippen LogP contribution in [0.3, 0.4) is 0 Å². The van der Waals surface area contributed by atoms with E-state index in [9.17, 15) is 4.79 Å². The van der Waals surface area contributed by atoms with Gasteiger partial charge in [-0.25, -0.2) is 4.98 Å². The molecule has 2 aromatic rings. The van der Waals surface area contributed by atoms with E-state index in [-0.39, 0.29) is 5.91 Å². The Balaban J connectivity index is 1.59. The molecule has 0 fully saturated rings. The van der Waals surface area contributed by atoms with Gasteiger partial charge >= 0.3 is 0 Å². The van der Waals surface area contributed by atoms with Crippen molar-refractivity contribution in [3.8, 4) is 5.88 Å². The van der Waals surface area contributed by atoms with Crippen LogP contribution in [0.5, 0.6) is 5.88 Å². The fourth-order valence-corrected chi connectivity index (χ4v) is 2.66. The van der Waals surface area contributed by atoms with Crippen molar-refractivity contribution >= 4 is 16.8 Å². The second-order valence-electron chi connectivity index (χ2n) is 7.01. The van der Waals surface area contributed by atoms with Crippen LogP contribution in [0.15, 0.2) is 72.4 Å². The number of unbranched alkanes of at least 4 members (excludes halogenated alkanes) is 3. The van der Waals surface area contributed by atoms with Gasteiger partial charge in [0.2, 0.25) is 11.8 Å². The van der Waals surface area contributed by atoms with Gasteiger partial charge < -0.3 is 10.1 Å². The van der Waals surface area contributed by atoms with Crippen LogP contribution in [-0.2, 0) is 4.79 Å². The molecule has 1 heterocycles. The molecule has 0 saturated heterocycles. The van der Waals surface area contributed by atoms with E-state index < -0.39 is 0 Å². The van der Waals surface area contributed by atoms with Crippen LogP contribution in [-0.4, -0.2) is 24.0 Å². The number of pyridine rings is 1. The zero-order valence-electron chi connectivity index (χ0n) is 16.9. The van der Waals surface area contributed by atoms with Crippen molar-refractivity contribution in [1.82, 2.24) is 10.3 Å². The van der Waals surface area contributed by atoms with Gasteiger partial charge in [-0.2, -0.15) is 0 Å². The van der Waals surface area contributed by atoms with Crippen molar-refractivity contribution in [2.75, 3.05) is 13.2 Å². The number of benzene rings is 1. The van der Waals surface area contributed by atoms with E-state index in [0.717, 1.165) is 47.7 Å². The molecular weight excluding hydrogens is 348 g/mol. The van der Waals surface area contributed by atoms with Gasteiger partial charge in [0.25, 0.3) is 0 Å². The minimum atomic E-state index is -0.0791. The summed E-state index contributed by atoms with van der Waals surface area (Å²) in [5.41, 5.74) is 2.85. The van der Waals surface area contributed by atoms with Gasteiger partial charge in [-0.3, -0.25) is 4.79 Å². The van der Waals surface area contributed by atoms with Crippen LogP contribution in [0.1, 0.15) is 39.5 Å². The van der Waals surface area contributed by atoms with Gasteiger partial charge in [0, 0.05) is 24.1 Å². The molecule has 0 saturated carbocycles. The highest BCUT2D eigenvalue weighted by molar-refractivity contribution is 5.88. The lowest BCUT2D eigenvalue weighted by atomic mass is 10.1. The lowest BCUT2D eigenvalue weighted by Crippen LogP contribution is -2.22. The molecule has 1 aromatic heterocycles. The zero-order chi connectivity index (χ0) is 20.2. The number of hydrogen-bond acceptors (Lipinski definition) is 3. The molecule has 28 heavy (non-hydrogen) atoms. The molecule has 0 radical (unpaired) electrons. The highest BCUT2D eigenvalue weighted by Gasteiger charge is 1.99. The molecule has 0 bridgehead atoms. The smallest absolute Gasteiger partial charge is 0.244 e. The lowest BCUT2D eigenvalue weighted by molar-refractivity contribution is -0.116. The van der Waals surface area contributed by atoms with Gasteiger partial charge in [0.05, 0.1) is 12.1 Å². The summed E-state index contributed by atoms with van der Waals surface area (Å²) in [4.78, 5) is 16.2. The molecule has 4 nitrogen and oxygen atoms in total. The minimum Gasteiger partial charge on any atom is -0.478 e. The average molecular weight is 379 g/mol. The number of para-hydroxylation sites is 1. The normalized spacial score (nSPS) is 11.7. The van der Waals surface area contributed by atoms with Crippen molar-refractivity contribution in [2.24, 2.45) is 0 Å². The highest BCUT2D eigenvalue weighted by atomic mass is 16.5. The summed E-state index contributed by atoms with van der Waals surface area (Å²) in [6.07, 6.45) is 9.91. The maximum atomic E-state index is 11.7. The molecule has 0 atom stereocenters. The monoisotopic (exact) mass is 378 g/mol. The number of nitrogens with one attached hydrogen (secondary N) is 1. The molecule has 1 N–H and O–H groups in total. The maximum Gasteiger partial charge on any atom is 0.244 e. The van der Waals surface area contributed by atoms with E-state index in [1.165, 1.54) is 0 Å². The number of amides is 1. The molecule has 0 aliphatic heterocycles. The number of hydrogen-bond donors (Lipinski definition) is 1. The Morgan fingerprint density at radius 1 is 1.14 bits per heavy atom. The molecular formula is C24H30N2O2. The summed E-state index contributed by atoms with van der Waals surface area (Å²) in [6, 6.07) is 12.0. The molecule has 2 rings (SSSR count). The Labute approximate surface area is 168 Å². The topological polar surface area (TPSA) is 51.2 Å². The van der Waals surface area contributed by atoms with Crippen LogP contribution in [0, 0.1) is 0 Å². The second kappa shape index (κ2) is 11.8. The molecule has 0 aliphatic rings. The molecule has 4 heteroatoms. The number of ether oxygens (including phenoxy) is 1. The Morgan fingerprint density at radius 2 is 1.96 bits per heavy atom. The Kier molecular flexibility index (Phi) is 8.99. The molecule has 1 aromatic carbocycles. The maximum absolute atomic E-state index is 11.7. The number of aromatic nitrogens is 1. The Morgan fingerprint density at radius 3 is 2.79 bits per heavy atom. The van der Waals surface area contributed by atoms with E-state index in [1.807, 2.05) is 56.3 Å². The molecule has 0 aliphatic carbocycles. The zero-order valence-corrected chi connectivity index (χ0v) is 16.9. The second-order valence-corrected chi connectivity index (χ2v) is 7.01. The van der Waals surface area contributed by atoms with E-state index in [1.54, 1.807) is 6.08 Å². The summed E-state index contributed by atoms with van der Waals surface area (Å²) in [6.45, 7) is 8.78. The van der Waals surface area contributed by atoms with E-state index in [2.05, 4.69) is 23.0 Å². The summed E-state index contributed by atoms with van der Waals surface area (Å²) >= 11 is 0. The van der Waals surface area contributed by atoms with Crippen LogP contribution in [0.4, 0.5) is 0 Å². The van der Waals surface area contributed by atoms with Crippen molar-refractivity contribution in [3.05, 3.63) is 72.4 Å². The van der Waals surface area contributed by atoms with Crippen LogP contribution < -0.4 is 10.1 Å². The summed E-state index contributed by atoms with van der Waals surface area (Å²) in [5, 5.41) is 3.92. The first-order chi connectivity index (χ1) is 13.5.